The molecule has 0 aromatic heterocycles. The number of fused-ring (bicyclic) bond motifs is 5. The van der Waals surface area contributed by atoms with Crippen LogP contribution in [0, 0.1) is 52.3 Å². The Morgan fingerprint density at radius 3 is 2.41 bits per heavy atom. The van der Waals surface area contributed by atoms with Crippen LogP contribution in [0.15, 0.2) is 0 Å². The SMILES string of the molecule is CC(=O)O[C@@H]1C[C@]2(C)C3CC[C@]4(C)[C@@H]([C@H](C)CCCC(C)C)CC[C@H]4C3CC[C@H]2C[C@H]1O. The highest BCUT2D eigenvalue weighted by Gasteiger charge is 2.61. The van der Waals surface area contributed by atoms with E-state index >= 15 is 0 Å². The minimum absolute atomic E-state index is 0.213. The first-order valence-electron chi connectivity index (χ1n) is 13.9. The summed E-state index contributed by atoms with van der Waals surface area (Å²) >= 11 is 0. The van der Waals surface area contributed by atoms with Crippen molar-refractivity contribution in [1.82, 2.24) is 0 Å². The van der Waals surface area contributed by atoms with Crippen molar-refractivity contribution >= 4 is 5.97 Å². The molecule has 4 saturated carbocycles. The average molecular weight is 447 g/mol. The number of hydrogen-bond acceptors (Lipinski definition) is 3. The molecule has 0 aliphatic heterocycles. The minimum Gasteiger partial charge on any atom is -0.460 e. The summed E-state index contributed by atoms with van der Waals surface area (Å²) in [6, 6.07) is 0. The van der Waals surface area contributed by atoms with Gasteiger partial charge in [-0.2, -0.15) is 0 Å². The Balaban J connectivity index is 1.48. The van der Waals surface area contributed by atoms with Crippen molar-refractivity contribution in [2.24, 2.45) is 52.3 Å². The number of rotatable bonds is 6. The zero-order valence-corrected chi connectivity index (χ0v) is 21.7. The molecule has 0 bridgehead atoms. The quantitative estimate of drug-likeness (QED) is 0.446. The first-order valence-corrected chi connectivity index (χ1v) is 13.9. The summed E-state index contributed by atoms with van der Waals surface area (Å²) in [6.07, 6.45) is 13.2. The molecule has 0 aromatic rings. The lowest BCUT2D eigenvalue weighted by Gasteiger charge is -2.62. The van der Waals surface area contributed by atoms with Crippen molar-refractivity contribution < 1.29 is 14.6 Å². The Labute approximate surface area is 197 Å². The Morgan fingerprint density at radius 2 is 1.72 bits per heavy atom. The van der Waals surface area contributed by atoms with Gasteiger partial charge in [0, 0.05) is 6.92 Å². The van der Waals surface area contributed by atoms with Crippen LogP contribution in [0.2, 0.25) is 0 Å². The van der Waals surface area contributed by atoms with Gasteiger partial charge in [0.05, 0.1) is 6.10 Å². The van der Waals surface area contributed by atoms with E-state index in [4.69, 9.17) is 4.74 Å². The summed E-state index contributed by atoms with van der Waals surface area (Å²) in [6.45, 7) is 13.9. The van der Waals surface area contributed by atoms with Crippen molar-refractivity contribution in [3.05, 3.63) is 0 Å². The molecule has 32 heavy (non-hydrogen) atoms. The second-order valence-electron chi connectivity index (χ2n) is 13.3. The molecular formula is C29H50O3. The van der Waals surface area contributed by atoms with E-state index in [1.807, 2.05) is 0 Å². The Kier molecular flexibility index (Phi) is 7.08. The van der Waals surface area contributed by atoms with Gasteiger partial charge in [0.25, 0.3) is 0 Å². The zero-order chi connectivity index (χ0) is 23.3. The molecule has 0 amide bonds. The third kappa shape index (κ3) is 4.29. The van der Waals surface area contributed by atoms with Crippen molar-refractivity contribution in [3.8, 4) is 0 Å². The largest absolute Gasteiger partial charge is 0.460 e. The maximum Gasteiger partial charge on any atom is 0.302 e. The maximum absolute atomic E-state index is 11.7. The first-order chi connectivity index (χ1) is 15.1. The number of carbonyl (C=O) groups is 1. The monoisotopic (exact) mass is 446 g/mol. The fourth-order valence-electron chi connectivity index (χ4n) is 9.61. The summed E-state index contributed by atoms with van der Waals surface area (Å²) in [5.41, 5.74) is 0.732. The molecule has 4 rings (SSSR count). The summed E-state index contributed by atoms with van der Waals surface area (Å²) in [5, 5.41) is 10.7. The van der Waals surface area contributed by atoms with Crippen molar-refractivity contribution in [1.29, 1.82) is 0 Å². The van der Waals surface area contributed by atoms with E-state index < -0.39 is 6.10 Å². The molecular weight excluding hydrogens is 396 g/mol. The van der Waals surface area contributed by atoms with E-state index in [0.29, 0.717) is 11.3 Å². The molecule has 2 unspecified atom stereocenters. The van der Waals surface area contributed by atoms with Gasteiger partial charge in [0.2, 0.25) is 0 Å². The smallest absolute Gasteiger partial charge is 0.302 e. The number of ether oxygens (including phenoxy) is 1. The number of hydrogen-bond donors (Lipinski definition) is 1. The topological polar surface area (TPSA) is 46.5 Å². The maximum atomic E-state index is 11.7. The average Bonchev–Trinajstić information content (AvgIpc) is 3.05. The van der Waals surface area contributed by atoms with Gasteiger partial charge < -0.3 is 9.84 Å². The summed E-state index contributed by atoms with van der Waals surface area (Å²) in [4.78, 5) is 11.7. The number of carbonyl (C=O) groups excluding carboxylic acids is 1. The van der Waals surface area contributed by atoms with Gasteiger partial charge in [-0.15, -0.1) is 0 Å². The number of aliphatic hydroxyl groups is 1. The lowest BCUT2D eigenvalue weighted by Crippen LogP contribution is -2.57. The van der Waals surface area contributed by atoms with Gasteiger partial charge in [0.1, 0.15) is 6.10 Å². The van der Waals surface area contributed by atoms with E-state index in [0.717, 1.165) is 48.3 Å². The Hall–Kier alpha value is -0.570. The minimum atomic E-state index is -0.482. The van der Waals surface area contributed by atoms with Crippen LogP contribution in [0.25, 0.3) is 0 Å². The van der Waals surface area contributed by atoms with E-state index in [9.17, 15) is 9.90 Å². The lowest BCUT2D eigenvalue weighted by molar-refractivity contribution is -0.183. The first kappa shape index (κ1) is 24.6. The van der Waals surface area contributed by atoms with Gasteiger partial charge in [-0.25, -0.2) is 0 Å². The van der Waals surface area contributed by atoms with Gasteiger partial charge >= 0.3 is 5.97 Å². The molecule has 184 valence electrons. The van der Waals surface area contributed by atoms with Crippen LogP contribution in [0.5, 0.6) is 0 Å². The van der Waals surface area contributed by atoms with Crippen LogP contribution >= 0.6 is 0 Å². The van der Waals surface area contributed by atoms with Crippen LogP contribution < -0.4 is 0 Å². The van der Waals surface area contributed by atoms with Crippen LogP contribution in [0.3, 0.4) is 0 Å². The highest BCUT2D eigenvalue weighted by molar-refractivity contribution is 5.66. The normalized spacial score (nSPS) is 46.8. The molecule has 10 atom stereocenters. The van der Waals surface area contributed by atoms with Crippen LogP contribution in [0.4, 0.5) is 0 Å². The third-order valence-corrected chi connectivity index (χ3v) is 11.2. The molecule has 1 N–H and O–H groups in total. The molecule has 4 fully saturated rings. The van der Waals surface area contributed by atoms with Crippen molar-refractivity contribution in [3.63, 3.8) is 0 Å². The molecule has 0 spiro atoms. The molecule has 3 heteroatoms. The summed E-state index contributed by atoms with van der Waals surface area (Å²) in [5.74, 6) is 5.35. The second kappa shape index (κ2) is 9.23. The summed E-state index contributed by atoms with van der Waals surface area (Å²) < 4.78 is 5.62. The molecule has 0 radical (unpaired) electrons. The predicted molar refractivity (Wildman–Crippen MR) is 130 cm³/mol. The van der Waals surface area contributed by atoms with Crippen LogP contribution in [0.1, 0.15) is 112 Å². The molecule has 0 aromatic carbocycles. The molecule has 4 aliphatic carbocycles. The van der Waals surface area contributed by atoms with E-state index in [1.54, 1.807) is 0 Å². The van der Waals surface area contributed by atoms with E-state index in [1.165, 1.54) is 64.7 Å². The van der Waals surface area contributed by atoms with Crippen LogP contribution in [-0.2, 0) is 9.53 Å². The zero-order valence-electron chi connectivity index (χ0n) is 21.7. The van der Waals surface area contributed by atoms with Crippen LogP contribution in [-0.4, -0.2) is 23.3 Å². The van der Waals surface area contributed by atoms with Gasteiger partial charge in [-0.1, -0.05) is 53.9 Å². The number of esters is 1. The van der Waals surface area contributed by atoms with E-state index in [2.05, 4.69) is 34.6 Å². The van der Waals surface area contributed by atoms with Gasteiger partial charge in [-0.05, 0) is 104 Å². The molecule has 0 saturated heterocycles. The predicted octanol–water partition coefficient (Wildman–Crippen LogP) is 7.01. The third-order valence-electron chi connectivity index (χ3n) is 11.2. The Morgan fingerprint density at radius 1 is 1.00 bits per heavy atom. The highest BCUT2D eigenvalue weighted by Crippen LogP contribution is 2.68. The van der Waals surface area contributed by atoms with Gasteiger partial charge in [-0.3, -0.25) is 4.79 Å². The van der Waals surface area contributed by atoms with Gasteiger partial charge in [0.15, 0.2) is 0 Å². The second-order valence-corrected chi connectivity index (χ2v) is 13.3. The lowest BCUT2D eigenvalue weighted by atomic mass is 9.44. The fraction of sp³-hybridized carbons (Fsp3) is 0.966. The van der Waals surface area contributed by atoms with E-state index in [-0.39, 0.29) is 17.5 Å². The highest BCUT2D eigenvalue weighted by atomic mass is 16.6. The standard InChI is InChI=1S/C29H50O3/c1-18(2)8-7-9-19(3)23-12-13-24-22-11-10-21-16-26(31)27(32-20(4)30)17-29(21,6)25(22)14-15-28(23,24)5/h18-19,21-27,31H,7-17H2,1-6H3/t19-,21+,22?,23-,24+,25?,26-,27-,28-,29+/m1/s1. The molecule has 4 aliphatic rings. The van der Waals surface area contributed by atoms with Crippen molar-refractivity contribution in [2.45, 2.75) is 124 Å². The Bertz CT molecular complexity index is 673. The summed E-state index contributed by atoms with van der Waals surface area (Å²) in [7, 11) is 0. The fourth-order valence-corrected chi connectivity index (χ4v) is 9.61. The molecule has 0 heterocycles. The molecule has 3 nitrogen and oxygen atoms in total. The number of aliphatic hydroxyl groups excluding tert-OH is 1. The van der Waals surface area contributed by atoms with Crippen molar-refractivity contribution in [2.75, 3.05) is 0 Å².